The average Bonchev–Trinajstić information content (AvgIpc) is 2.99. The Hall–Kier alpha value is -0.910. The zero-order valence-corrected chi connectivity index (χ0v) is 13.4. The molecule has 0 amide bonds. The van der Waals surface area contributed by atoms with E-state index in [-0.39, 0.29) is 6.04 Å². The lowest BCUT2D eigenvalue weighted by Crippen LogP contribution is -2.45. The van der Waals surface area contributed by atoms with Gasteiger partial charge in [-0.2, -0.15) is 4.31 Å². The van der Waals surface area contributed by atoms with E-state index in [0.29, 0.717) is 17.4 Å². The van der Waals surface area contributed by atoms with Crippen LogP contribution < -0.4 is 5.32 Å². The first-order valence-corrected chi connectivity index (χ1v) is 9.33. The highest BCUT2D eigenvalue weighted by Gasteiger charge is 2.40. The summed E-state index contributed by atoms with van der Waals surface area (Å²) in [6.45, 7) is 4.55. The molecule has 116 valence electrons. The Morgan fingerprint density at radius 1 is 1.19 bits per heavy atom. The lowest BCUT2D eigenvalue weighted by Gasteiger charge is -2.34. The molecule has 1 N–H and O–H groups in total. The van der Waals surface area contributed by atoms with Crippen LogP contribution in [0.1, 0.15) is 31.2 Å². The van der Waals surface area contributed by atoms with Gasteiger partial charge in [0.1, 0.15) is 0 Å². The molecule has 21 heavy (non-hydrogen) atoms. The van der Waals surface area contributed by atoms with Crippen LogP contribution in [0.5, 0.6) is 0 Å². The van der Waals surface area contributed by atoms with Crippen molar-refractivity contribution in [2.24, 2.45) is 5.92 Å². The summed E-state index contributed by atoms with van der Waals surface area (Å²) < 4.78 is 27.8. The molecule has 2 saturated heterocycles. The largest absolute Gasteiger partial charge is 0.316 e. The van der Waals surface area contributed by atoms with Crippen molar-refractivity contribution < 1.29 is 8.42 Å². The molecule has 5 heteroatoms. The first-order chi connectivity index (χ1) is 10.1. The Bertz CT molecular complexity index is 594. The summed E-state index contributed by atoms with van der Waals surface area (Å²) in [7, 11) is -3.36. The topological polar surface area (TPSA) is 49.4 Å². The second-order valence-corrected chi connectivity index (χ2v) is 8.06. The highest BCUT2D eigenvalue weighted by Crippen LogP contribution is 2.33. The number of benzene rings is 1. The minimum absolute atomic E-state index is 0.169. The zero-order chi connectivity index (χ0) is 14.9. The summed E-state index contributed by atoms with van der Waals surface area (Å²) in [5, 5.41) is 3.41. The zero-order valence-electron chi connectivity index (χ0n) is 12.6. The number of rotatable bonds is 3. The summed E-state index contributed by atoms with van der Waals surface area (Å²) in [5.41, 5.74) is 0.838. The number of hydrogen-bond donors (Lipinski definition) is 1. The smallest absolute Gasteiger partial charge is 0.243 e. The van der Waals surface area contributed by atoms with Gasteiger partial charge in [-0.05, 0) is 63.2 Å². The van der Waals surface area contributed by atoms with Crippen LogP contribution in [0.3, 0.4) is 0 Å². The number of nitrogens with zero attached hydrogens (tertiary/aromatic N) is 1. The lowest BCUT2D eigenvalue weighted by atomic mass is 9.91. The SMILES string of the molecule is Cc1ccccc1S(=O)(=O)N1CCCC1C1CCCNC1. The fourth-order valence-electron chi connectivity index (χ4n) is 3.71. The third-order valence-electron chi connectivity index (χ3n) is 4.81. The van der Waals surface area contributed by atoms with Crippen molar-refractivity contribution in [2.75, 3.05) is 19.6 Å². The summed E-state index contributed by atoms with van der Waals surface area (Å²) in [5.74, 6) is 0.458. The van der Waals surface area contributed by atoms with Gasteiger partial charge in [0.2, 0.25) is 10.0 Å². The second kappa shape index (κ2) is 6.07. The molecule has 0 radical (unpaired) electrons. The van der Waals surface area contributed by atoms with Gasteiger partial charge >= 0.3 is 0 Å². The molecule has 2 aliphatic heterocycles. The van der Waals surface area contributed by atoms with Crippen LogP contribution in [-0.4, -0.2) is 38.4 Å². The van der Waals surface area contributed by atoms with E-state index in [1.165, 1.54) is 0 Å². The Morgan fingerprint density at radius 2 is 2.00 bits per heavy atom. The quantitative estimate of drug-likeness (QED) is 0.931. The van der Waals surface area contributed by atoms with Crippen LogP contribution in [0, 0.1) is 12.8 Å². The summed E-state index contributed by atoms with van der Waals surface area (Å²) in [4.78, 5) is 0.473. The first kappa shape index (κ1) is 15.0. The monoisotopic (exact) mass is 308 g/mol. The molecule has 2 unspecified atom stereocenters. The minimum atomic E-state index is -3.36. The van der Waals surface area contributed by atoms with Crippen LogP contribution in [-0.2, 0) is 10.0 Å². The van der Waals surface area contributed by atoms with Gasteiger partial charge in [0, 0.05) is 12.6 Å². The number of nitrogens with one attached hydrogen (secondary N) is 1. The molecule has 1 aromatic carbocycles. The van der Waals surface area contributed by atoms with E-state index >= 15 is 0 Å². The van der Waals surface area contributed by atoms with Crippen LogP contribution in [0.15, 0.2) is 29.2 Å². The molecule has 0 spiro atoms. The fraction of sp³-hybridized carbons (Fsp3) is 0.625. The van der Waals surface area contributed by atoms with Crippen LogP contribution >= 0.6 is 0 Å². The third-order valence-corrected chi connectivity index (χ3v) is 6.89. The lowest BCUT2D eigenvalue weighted by molar-refractivity contribution is 0.239. The summed E-state index contributed by atoms with van der Waals surface area (Å²) in [6.07, 6.45) is 4.26. The standard InChI is InChI=1S/C16H24N2O2S/c1-13-6-2-3-9-16(13)21(19,20)18-11-5-8-15(18)14-7-4-10-17-12-14/h2-3,6,9,14-15,17H,4-5,7-8,10-12H2,1H3. The summed E-state index contributed by atoms with van der Waals surface area (Å²) in [6, 6.07) is 7.48. The van der Waals surface area contributed by atoms with Crippen molar-refractivity contribution in [3.8, 4) is 0 Å². The Morgan fingerprint density at radius 3 is 2.71 bits per heavy atom. The highest BCUT2D eigenvalue weighted by molar-refractivity contribution is 7.89. The number of piperidine rings is 1. The maximum absolute atomic E-state index is 13.0. The van der Waals surface area contributed by atoms with Crippen molar-refractivity contribution in [3.63, 3.8) is 0 Å². The van der Waals surface area contributed by atoms with Crippen molar-refractivity contribution in [3.05, 3.63) is 29.8 Å². The van der Waals surface area contributed by atoms with Crippen molar-refractivity contribution in [1.82, 2.24) is 9.62 Å². The second-order valence-electron chi connectivity index (χ2n) is 6.20. The van der Waals surface area contributed by atoms with E-state index in [1.54, 1.807) is 10.4 Å². The molecule has 2 aliphatic rings. The molecule has 1 aromatic rings. The Kier molecular flexibility index (Phi) is 4.33. The van der Waals surface area contributed by atoms with Gasteiger partial charge in [0.05, 0.1) is 4.90 Å². The van der Waals surface area contributed by atoms with Gasteiger partial charge in [0.15, 0.2) is 0 Å². The molecule has 0 aliphatic carbocycles. The number of aryl methyl sites for hydroxylation is 1. The van der Waals surface area contributed by atoms with E-state index in [2.05, 4.69) is 5.32 Å². The van der Waals surface area contributed by atoms with Crippen molar-refractivity contribution in [2.45, 2.75) is 43.5 Å². The van der Waals surface area contributed by atoms with E-state index < -0.39 is 10.0 Å². The predicted octanol–water partition coefficient (Wildman–Crippen LogP) is 2.15. The van der Waals surface area contributed by atoms with Gasteiger partial charge in [-0.1, -0.05) is 18.2 Å². The number of hydrogen-bond acceptors (Lipinski definition) is 3. The molecule has 2 fully saturated rings. The van der Waals surface area contributed by atoms with E-state index in [9.17, 15) is 8.42 Å². The van der Waals surface area contributed by atoms with Gasteiger partial charge in [-0.3, -0.25) is 0 Å². The fourth-order valence-corrected chi connectivity index (χ4v) is 5.70. The van der Waals surface area contributed by atoms with Gasteiger partial charge in [-0.25, -0.2) is 8.42 Å². The average molecular weight is 308 g/mol. The van der Waals surface area contributed by atoms with Crippen molar-refractivity contribution in [1.29, 1.82) is 0 Å². The van der Waals surface area contributed by atoms with E-state index in [4.69, 9.17) is 0 Å². The Labute approximate surface area is 127 Å². The van der Waals surface area contributed by atoms with Crippen LogP contribution in [0.4, 0.5) is 0 Å². The normalized spacial score (nSPS) is 27.9. The predicted molar refractivity (Wildman–Crippen MR) is 83.7 cm³/mol. The van der Waals surface area contributed by atoms with Crippen molar-refractivity contribution >= 4 is 10.0 Å². The van der Waals surface area contributed by atoms with E-state index in [0.717, 1.165) is 44.3 Å². The van der Waals surface area contributed by atoms with Crippen LogP contribution in [0.2, 0.25) is 0 Å². The maximum atomic E-state index is 13.0. The molecule has 0 saturated carbocycles. The molecule has 4 nitrogen and oxygen atoms in total. The molecular formula is C16H24N2O2S. The van der Waals surface area contributed by atoms with Gasteiger partial charge in [-0.15, -0.1) is 0 Å². The van der Waals surface area contributed by atoms with E-state index in [1.807, 2.05) is 25.1 Å². The molecule has 2 heterocycles. The third kappa shape index (κ3) is 2.87. The maximum Gasteiger partial charge on any atom is 0.243 e. The molecule has 0 bridgehead atoms. The molecule has 2 atom stereocenters. The first-order valence-electron chi connectivity index (χ1n) is 7.89. The molecular weight excluding hydrogens is 284 g/mol. The summed E-state index contributed by atoms with van der Waals surface area (Å²) >= 11 is 0. The van der Waals surface area contributed by atoms with Gasteiger partial charge < -0.3 is 5.32 Å². The molecule has 0 aromatic heterocycles. The highest BCUT2D eigenvalue weighted by atomic mass is 32.2. The minimum Gasteiger partial charge on any atom is -0.316 e. The molecule has 3 rings (SSSR count). The Balaban J connectivity index is 1.89. The van der Waals surface area contributed by atoms with Gasteiger partial charge in [0.25, 0.3) is 0 Å². The number of sulfonamides is 1. The van der Waals surface area contributed by atoms with Crippen LogP contribution in [0.25, 0.3) is 0 Å².